The number of β-lactam (4-membered cyclic amide) rings is 1. The molecule has 6 nitrogen and oxygen atoms in total. The number of carbonyl (C=O) groups excluding carboxylic acids is 2. The molecule has 1 spiro atoms. The van der Waals surface area contributed by atoms with Crippen LogP contribution in [0.1, 0.15) is 23.2 Å². The number of anilines is 1. The Balaban J connectivity index is 1.39. The Hall–Kier alpha value is -3.23. The number of amides is 2. The van der Waals surface area contributed by atoms with Gasteiger partial charge in [0.25, 0.3) is 5.91 Å². The molecule has 158 valence electrons. The van der Waals surface area contributed by atoms with Gasteiger partial charge in [-0.3, -0.25) is 9.59 Å². The molecule has 0 saturated carbocycles. The zero-order valence-corrected chi connectivity index (χ0v) is 15.9. The quantitative estimate of drug-likeness (QED) is 0.771. The number of hydrogen-bond donors (Lipinski definition) is 1. The third-order valence-electron chi connectivity index (χ3n) is 5.62. The number of piperidine rings is 1. The van der Waals surface area contributed by atoms with E-state index >= 15 is 0 Å². The maximum absolute atomic E-state index is 12.9. The minimum Gasteiger partial charge on any atom is -0.508 e. The van der Waals surface area contributed by atoms with Gasteiger partial charge in [0.05, 0.1) is 5.41 Å². The number of likely N-dealkylation sites (tertiary alicyclic amines) is 1. The third-order valence-corrected chi connectivity index (χ3v) is 5.62. The largest absolute Gasteiger partial charge is 0.573 e. The topological polar surface area (TPSA) is 70.1 Å². The molecule has 0 atom stereocenters. The average molecular weight is 420 g/mol. The predicted molar refractivity (Wildman–Crippen MR) is 101 cm³/mol. The number of halogens is 3. The van der Waals surface area contributed by atoms with Crippen molar-refractivity contribution >= 4 is 17.5 Å². The molecule has 0 aliphatic carbocycles. The van der Waals surface area contributed by atoms with E-state index in [9.17, 15) is 27.9 Å². The van der Waals surface area contributed by atoms with Gasteiger partial charge in [-0.05, 0) is 43.2 Å². The van der Waals surface area contributed by atoms with E-state index in [4.69, 9.17) is 0 Å². The van der Waals surface area contributed by atoms with Gasteiger partial charge in [0, 0.05) is 37.0 Å². The van der Waals surface area contributed by atoms with Crippen molar-refractivity contribution in [2.45, 2.75) is 19.2 Å². The van der Waals surface area contributed by atoms with Crippen LogP contribution in [-0.4, -0.2) is 47.8 Å². The molecule has 0 bridgehead atoms. The second kappa shape index (κ2) is 7.23. The summed E-state index contributed by atoms with van der Waals surface area (Å²) in [5.41, 5.74) is 0.135. The van der Waals surface area contributed by atoms with Crippen molar-refractivity contribution < 1.29 is 32.6 Å². The van der Waals surface area contributed by atoms with Crippen LogP contribution >= 0.6 is 0 Å². The zero-order chi connectivity index (χ0) is 21.5. The van der Waals surface area contributed by atoms with Crippen LogP contribution in [0.4, 0.5) is 18.9 Å². The Morgan fingerprint density at radius 3 is 2.40 bits per heavy atom. The first-order valence-electron chi connectivity index (χ1n) is 9.43. The molecule has 9 heteroatoms. The smallest absolute Gasteiger partial charge is 0.508 e. The molecule has 0 unspecified atom stereocenters. The van der Waals surface area contributed by atoms with Crippen molar-refractivity contribution in [2.75, 3.05) is 24.5 Å². The van der Waals surface area contributed by atoms with E-state index in [1.165, 1.54) is 35.2 Å². The molecule has 2 heterocycles. The first kappa shape index (κ1) is 20.1. The van der Waals surface area contributed by atoms with Crippen molar-refractivity contribution in [1.29, 1.82) is 0 Å². The fraction of sp³-hybridized carbons (Fsp3) is 0.333. The number of aromatic hydroxyl groups is 1. The number of nitrogens with zero attached hydrogens (tertiary/aromatic N) is 2. The van der Waals surface area contributed by atoms with E-state index in [1.54, 1.807) is 23.1 Å². The van der Waals surface area contributed by atoms with Gasteiger partial charge in [-0.15, -0.1) is 13.2 Å². The molecule has 2 fully saturated rings. The van der Waals surface area contributed by atoms with E-state index in [1.807, 2.05) is 0 Å². The molecule has 4 rings (SSSR count). The molecule has 2 aliphatic heterocycles. The van der Waals surface area contributed by atoms with Crippen molar-refractivity contribution in [3.63, 3.8) is 0 Å². The van der Waals surface area contributed by atoms with E-state index in [2.05, 4.69) is 4.74 Å². The van der Waals surface area contributed by atoms with Crippen molar-refractivity contribution in [3.8, 4) is 11.5 Å². The Bertz CT molecular complexity index is 984. The lowest BCUT2D eigenvalue weighted by atomic mass is 9.70. The van der Waals surface area contributed by atoms with Crippen molar-refractivity contribution in [3.05, 3.63) is 54.1 Å². The average Bonchev–Trinajstić information content (AvgIpc) is 2.70. The Labute approximate surface area is 170 Å². The molecule has 1 N–H and O–H groups in total. The summed E-state index contributed by atoms with van der Waals surface area (Å²) >= 11 is 0. The number of carbonyl (C=O) groups is 2. The summed E-state index contributed by atoms with van der Waals surface area (Å²) in [7, 11) is 0. The van der Waals surface area contributed by atoms with E-state index < -0.39 is 11.8 Å². The van der Waals surface area contributed by atoms with Crippen LogP contribution in [0.5, 0.6) is 11.5 Å². The van der Waals surface area contributed by atoms with Crippen molar-refractivity contribution in [2.24, 2.45) is 5.41 Å². The molecule has 30 heavy (non-hydrogen) atoms. The Morgan fingerprint density at radius 2 is 1.77 bits per heavy atom. The van der Waals surface area contributed by atoms with Crippen LogP contribution in [0.25, 0.3) is 0 Å². The summed E-state index contributed by atoms with van der Waals surface area (Å²) in [6, 6.07) is 11.5. The summed E-state index contributed by atoms with van der Waals surface area (Å²) in [5, 5.41) is 9.55. The normalized spacial score (nSPS) is 18.3. The van der Waals surface area contributed by atoms with Gasteiger partial charge in [-0.25, -0.2) is 0 Å². The minimum absolute atomic E-state index is 0.0101. The highest BCUT2D eigenvalue weighted by Crippen LogP contribution is 2.44. The van der Waals surface area contributed by atoms with Crippen LogP contribution in [0.2, 0.25) is 0 Å². The minimum atomic E-state index is -4.80. The number of rotatable bonds is 3. The maximum Gasteiger partial charge on any atom is 0.573 e. The number of hydrogen-bond acceptors (Lipinski definition) is 4. The third kappa shape index (κ3) is 3.79. The molecule has 0 aromatic heterocycles. The van der Waals surface area contributed by atoms with Crippen LogP contribution in [0.3, 0.4) is 0 Å². The lowest BCUT2D eigenvalue weighted by Crippen LogP contribution is -2.65. The number of phenols is 1. The Kier molecular flexibility index (Phi) is 4.83. The van der Waals surface area contributed by atoms with Crippen LogP contribution < -0.4 is 9.64 Å². The van der Waals surface area contributed by atoms with Gasteiger partial charge in [0.1, 0.15) is 11.5 Å². The highest BCUT2D eigenvalue weighted by atomic mass is 19.4. The SMILES string of the molecule is O=C(c1cccc(O)c1)N1CCC2(CC1)CN(c1cccc(OC(F)(F)F)c1)C2=O. The lowest BCUT2D eigenvalue weighted by molar-refractivity contribution is -0.274. The second-order valence-corrected chi connectivity index (χ2v) is 7.56. The number of phenolic OH excluding ortho intramolecular Hbond substituents is 1. The van der Waals surface area contributed by atoms with Gasteiger partial charge in [0.15, 0.2) is 0 Å². The fourth-order valence-corrected chi connectivity index (χ4v) is 4.03. The Morgan fingerprint density at radius 1 is 1.07 bits per heavy atom. The maximum atomic E-state index is 12.9. The van der Waals surface area contributed by atoms with Gasteiger partial charge in [-0.1, -0.05) is 12.1 Å². The molecule has 2 saturated heterocycles. The van der Waals surface area contributed by atoms with Gasteiger partial charge >= 0.3 is 6.36 Å². The molecule has 2 aromatic rings. The first-order chi connectivity index (χ1) is 14.2. The summed E-state index contributed by atoms with van der Waals surface area (Å²) in [6.07, 6.45) is -3.84. The monoisotopic (exact) mass is 420 g/mol. The van der Waals surface area contributed by atoms with E-state index in [-0.39, 0.29) is 23.3 Å². The highest BCUT2D eigenvalue weighted by Gasteiger charge is 2.54. The molecular weight excluding hydrogens is 401 g/mol. The number of ether oxygens (including phenoxy) is 1. The molecular formula is C21H19F3N2O4. The number of benzene rings is 2. The highest BCUT2D eigenvalue weighted by molar-refractivity contribution is 6.05. The predicted octanol–water partition coefficient (Wildman–Crippen LogP) is 3.56. The summed E-state index contributed by atoms with van der Waals surface area (Å²) in [4.78, 5) is 28.5. The van der Waals surface area contributed by atoms with Crippen LogP contribution in [-0.2, 0) is 4.79 Å². The zero-order valence-electron chi connectivity index (χ0n) is 15.9. The van der Waals surface area contributed by atoms with Crippen LogP contribution in [0.15, 0.2) is 48.5 Å². The second-order valence-electron chi connectivity index (χ2n) is 7.56. The summed E-state index contributed by atoms with van der Waals surface area (Å²) < 4.78 is 41.2. The lowest BCUT2D eigenvalue weighted by Gasteiger charge is -2.52. The molecule has 0 radical (unpaired) electrons. The van der Waals surface area contributed by atoms with E-state index in [0.29, 0.717) is 43.7 Å². The standard InChI is InChI=1S/C21H19F3N2O4/c22-21(23,24)30-17-6-2-4-15(12-17)26-13-20(19(26)29)7-9-25(10-8-20)18(28)14-3-1-5-16(27)11-14/h1-6,11-12,27H,7-10,13H2. The summed E-state index contributed by atoms with van der Waals surface area (Å²) in [6.45, 7) is 1.17. The molecule has 2 aromatic carbocycles. The number of alkyl halides is 3. The fourth-order valence-electron chi connectivity index (χ4n) is 4.03. The van der Waals surface area contributed by atoms with Gasteiger partial charge < -0.3 is 19.6 Å². The van der Waals surface area contributed by atoms with E-state index in [0.717, 1.165) is 0 Å². The van der Waals surface area contributed by atoms with Crippen molar-refractivity contribution in [1.82, 2.24) is 4.90 Å². The summed E-state index contributed by atoms with van der Waals surface area (Å²) in [5.74, 6) is -0.728. The molecule has 2 amide bonds. The van der Waals surface area contributed by atoms with Crippen LogP contribution in [0, 0.1) is 5.41 Å². The first-order valence-corrected chi connectivity index (χ1v) is 9.43. The van der Waals surface area contributed by atoms with Gasteiger partial charge in [-0.2, -0.15) is 0 Å². The van der Waals surface area contributed by atoms with Gasteiger partial charge in [0.2, 0.25) is 5.91 Å². The molecule has 2 aliphatic rings.